The maximum atomic E-state index is 13.0. The largest absolute Gasteiger partial charge is 0.484 e. The first-order valence-corrected chi connectivity index (χ1v) is 12.2. The molecule has 1 fully saturated rings. The number of anilines is 1. The van der Waals surface area contributed by atoms with Crippen molar-refractivity contribution in [2.75, 3.05) is 25.0 Å². The molecule has 1 amide bonds. The highest BCUT2D eigenvalue weighted by Gasteiger charge is 2.27. The molecule has 7 nitrogen and oxygen atoms in total. The maximum Gasteiger partial charge on any atom is 0.262 e. The molecule has 0 spiro atoms. The maximum absolute atomic E-state index is 13.0. The predicted octanol–water partition coefficient (Wildman–Crippen LogP) is 3.86. The molecule has 0 aliphatic carbocycles. The van der Waals surface area contributed by atoms with Crippen LogP contribution in [0.25, 0.3) is 0 Å². The van der Waals surface area contributed by atoms with E-state index >= 15 is 0 Å². The predicted molar refractivity (Wildman–Crippen MR) is 125 cm³/mol. The normalized spacial score (nSPS) is 14.0. The number of rotatable bonds is 8. The lowest BCUT2D eigenvalue weighted by molar-refractivity contribution is -0.118. The van der Waals surface area contributed by atoms with Gasteiger partial charge in [-0.1, -0.05) is 6.07 Å². The number of benzene rings is 3. The number of nitrogens with one attached hydrogen (secondary N) is 1. The van der Waals surface area contributed by atoms with Gasteiger partial charge < -0.3 is 10.1 Å². The van der Waals surface area contributed by atoms with E-state index in [1.807, 2.05) is 0 Å². The Balaban J connectivity index is 1.33. The number of amides is 1. The van der Waals surface area contributed by atoms with Crippen molar-refractivity contribution < 1.29 is 27.1 Å². The third-order valence-corrected chi connectivity index (χ3v) is 7.31. The van der Waals surface area contributed by atoms with Crippen LogP contribution in [-0.2, 0) is 14.8 Å². The van der Waals surface area contributed by atoms with E-state index < -0.39 is 21.7 Å². The fourth-order valence-electron chi connectivity index (χ4n) is 3.63. The Hall–Kier alpha value is -3.56. The Labute approximate surface area is 197 Å². The quantitative estimate of drug-likeness (QED) is 0.492. The van der Waals surface area contributed by atoms with E-state index in [1.165, 1.54) is 40.7 Å². The van der Waals surface area contributed by atoms with E-state index in [4.69, 9.17) is 4.74 Å². The molecule has 4 rings (SSSR count). The third-order valence-electron chi connectivity index (χ3n) is 5.41. The monoisotopic (exact) mass is 482 g/mol. The van der Waals surface area contributed by atoms with E-state index in [-0.39, 0.29) is 17.3 Å². The van der Waals surface area contributed by atoms with Gasteiger partial charge in [0.25, 0.3) is 5.91 Å². The second-order valence-corrected chi connectivity index (χ2v) is 9.77. The first-order valence-electron chi connectivity index (χ1n) is 10.8. The standard InChI is InChI=1S/C25H23FN2O5S/c26-20-10-6-18(7-11-20)25(30)19-8-12-22(13-9-19)33-17-24(29)27-21-4-3-5-23(16-21)34(31,32)28-14-1-2-15-28/h3-13,16H,1-2,14-15,17H2,(H,27,29). The van der Waals surface area contributed by atoms with Crippen molar-refractivity contribution in [1.29, 1.82) is 0 Å². The molecular weight excluding hydrogens is 459 g/mol. The fourth-order valence-corrected chi connectivity index (χ4v) is 5.19. The molecule has 176 valence electrons. The van der Waals surface area contributed by atoms with Crippen LogP contribution in [0.5, 0.6) is 5.75 Å². The van der Waals surface area contributed by atoms with Crippen LogP contribution >= 0.6 is 0 Å². The Bertz CT molecular complexity index is 1290. The number of ether oxygens (including phenoxy) is 1. The lowest BCUT2D eigenvalue weighted by Crippen LogP contribution is -2.28. The number of sulfonamides is 1. The number of carbonyl (C=O) groups excluding carboxylic acids is 2. The summed E-state index contributed by atoms with van der Waals surface area (Å²) in [6.45, 7) is 0.705. The topological polar surface area (TPSA) is 92.8 Å². The molecule has 3 aromatic rings. The number of hydrogen-bond donors (Lipinski definition) is 1. The van der Waals surface area contributed by atoms with Gasteiger partial charge in [-0.05, 0) is 79.6 Å². The van der Waals surface area contributed by atoms with Crippen molar-refractivity contribution in [2.24, 2.45) is 0 Å². The van der Waals surface area contributed by atoms with Gasteiger partial charge in [0, 0.05) is 29.9 Å². The van der Waals surface area contributed by atoms with E-state index in [1.54, 1.807) is 36.4 Å². The molecule has 0 bridgehead atoms. The summed E-state index contributed by atoms with van der Waals surface area (Å²) in [7, 11) is -3.58. The minimum absolute atomic E-state index is 0.134. The summed E-state index contributed by atoms with van der Waals surface area (Å²) in [4.78, 5) is 24.9. The number of ketones is 1. The van der Waals surface area contributed by atoms with Crippen LogP contribution < -0.4 is 10.1 Å². The second-order valence-electron chi connectivity index (χ2n) is 7.84. The van der Waals surface area contributed by atoms with Crippen LogP contribution in [0.4, 0.5) is 10.1 Å². The molecule has 34 heavy (non-hydrogen) atoms. The van der Waals surface area contributed by atoms with E-state index in [0.717, 1.165) is 12.8 Å². The van der Waals surface area contributed by atoms with E-state index in [0.29, 0.717) is 35.7 Å². The SMILES string of the molecule is O=C(COc1ccc(C(=O)c2ccc(F)cc2)cc1)Nc1cccc(S(=O)(=O)N2CCCC2)c1. The minimum atomic E-state index is -3.58. The molecule has 0 aromatic heterocycles. The van der Waals surface area contributed by atoms with Gasteiger partial charge in [-0.15, -0.1) is 0 Å². The van der Waals surface area contributed by atoms with Gasteiger partial charge in [0.2, 0.25) is 10.0 Å². The lowest BCUT2D eigenvalue weighted by Gasteiger charge is -2.16. The number of halogens is 1. The lowest BCUT2D eigenvalue weighted by atomic mass is 10.0. The van der Waals surface area contributed by atoms with E-state index in [9.17, 15) is 22.4 Å². The van der Waals surface area contributed by atoms with Crippen LogP contribution in [-0.4, -0.2) is 44.1 Å². The molecule has 1 heterocycles. The molecule has 0 saturated carbocycles. The van der Waals surface area contributed by atoms with Gasteiger partial charge in [-0.3, -0.25) is 9.59 Å². The molecular formula is C25H23FN2O5S. The first kappa shape index (κ1) is 23.6. The van der Waals surface area contributed by atoms with Crippen molar-refractivity contribution in [3.8, 4) is 5.75 Å². The number of carbonyl (C=O) groups is 2. The van der Waals surface area contributed by atoms with Gasteiger partial charge in [0.1, 0.15) is 11.6 Å². The summed E-state index contributed by atoms with van der Waals surface area (Å²) in [6.07, 6.45) is 1.68. The Morgan fingerprint density at radius 3 is 2.18 bits per heavy atom. The van der Waals surface area contributed by atoms with Crippen LogP contribution in [0.15, 0.2) is 77.7 Å². The molecule has 9 heteroatoms. The molecule has 0 atom stereocenters. The van der Waals surface area contributed by atoms with Crippen molar-refractivity contribution >= 4 is 27.4 Å². The molecule has 1 N–H and O–H groups in total. The summed E-state index contributed by atoms with van der Waals surface area (Å²) >= 11 is 0. The highest BCUT2D eigenvalue weighted by atomic mass is 32.2. The number of hydrogen-bond acceptors (Lipinski definition) is 5. The fraction of sp³-hybridized carbons (Fsp3) is 0.200. The Kier molecular flexibility index (Phi) is 7.04. The first-order chi connectivity index (χ1) is 16.3. The summed E-state index contributed by atoms with van der Waals surface area (Å²) in [5, 5.41) is 2.64. The molecule has 3 aromatic carbocycles. The third kappa shape index (κ3) is 5.49. The van der Waals surface area contributed by atoms with Gasteiger partial charge in [-0.25, -0.2) is 12.8 Å². The average Bonchev–Trinajstić information content (AvgIpc) is 3.39. The summed E-state index contributed by atoms with van der Waals surface area (Å²) in [6, 6.07) is 17.7. The number of nitrogens with zero attached hydrogens (tertiary/aromatic N) is 1. The van der Waals surface area contributed by atoms with Crippen molar-refractivity contribution in [3.63, 3.8) is 0 Å². The van der Waals surface area contributed by atoms with Crippen LogP contribution in [0.2, 0.25) is 0 Å². The van der Waals surface area contributed by atoms with Crippen LogP contribution in [0, 0.1) is 5.82 Å². The van der Waals surface area contributed by atoms with Gasteiger partial charge in [-0.2, -0.15) is 4.31 Å². The van der Waals surface area contributed by atoms with Crippen LogP contribution in [0.1, 0.15) is 28.8 Å². The average molecular weight is 483 g/mol. The van der Waals surface area contributed by atoms with Crippen molar-refractivity contribution in [1.82, 2.24) is 4.31 Å². The zero-order chi connectivity index (χ0) is 24.1. The second kappa shape index (κ2) is 10.1. The molecule has 0 unspecified atom stereocenters. The molecule has 1 saturated heterocycles. The van der Waals surface area contributed by atoms with Crippen molar-refractivity contribution in [3.05, 3.63) is 89.7 Å². The van der Waals surface area contributed by atoms with Gasteiger partial charge in [0.05, 0.1) is 4.90 Å². The zero-order valence-electron chi connectivity index (χ0n) is 18.2. The summed E-state index contributed by atoms with van der Waals surface area (Å²) in [5.41, 5.74) is 1.12. The van der Waals surface area contributed by atoms with E-state index in [2.05, 4.69) is 5.32 Å². The molecule has 1 aliphatic heterocycles. The Morgan fingerprint density at radius 2 is 1.53 bits per heavy atom. The summed E-state index contributed by atoms with van der Waals surface area (Å²) in [5.74, 6) is -0.745. The Morgan fingerprint density at radius 1 is 0.912 bits per heavy atom. The van der Waals surface area contributed by atoms with Gasteiger partial charge in [0.15, 0.2) is 12.4 Å². The smallest absolute Gasteiger partial charge is 0.262 e. The zero-order valence-corrected chi connectivity index (χ0v) is 19.1. The molecule has 1 aliphatic rings. The molecule has 0 radical (unpaired) electrons. The minimum Gasteiger partial charge on any atom is -0.484 e. The van der Waals surface area contributed by atoms with Crippen LogP contribution in [0.3, 0.4) is 0 Å². The van der Waals surface area contributed by atoms with Crippen molar-refractivity contribution in [2.45, 2.75) is 17.7 Å². The van der Waals surface area contributed by atoms with Gasteiger partial charge >= 0.3 is 0 Å². The summed E-state index contributed by atoms with van der Waals surface area (Å²) < 4.78 is 45.4. The highest BCUT2D eigenvalue weighted by Crippen LogP contribution is 2.23. The highest BCUT2D eigenvalue weighted by molar-refractivity contribution is 7.89.